The van der Waals surface area contributed by atoms with Gasteiger partial charge in [-0.1, -0.05) is 6.92 Å². The van der Waals surface area contributed by atoms with E-state index in [0.717, 1.165) is 51.3 Å². The molecule has 4 heterocycles. The Morgan fingerprint density at radius 2 is 2.26 bits per heavy atom. The highest BCUT2D eigenvalue weighted by molar-refractivity contribution is 5.78. The average Bonchev–Trinajstić information content (AvgIpc) is 3.20. The van der Waals surface area contributed by atoms with Crippen molar-refractivity contribution in [2.45, 2.75) is 45.2 Å². The molecule has 2 aliphatic heterocycles. The molecule has 2 unspecified atom stereocenters. The molecule has 2 aliphatic rings. The summed E-state index contributed by atoms with van der Waals surface area (Å²) in [5, 5.41) is 4.21. The normalized spacial score (nSPS) is 21.7. The second kappa shape index (κ2) is 7.76. The van der Waals surface area contributed by atoms with Crippen molar-refractivity contribution in [2.24, 2.45) is 5.92 Å². The lowest BCUT2D eigenvalue weighted by Crippen LogP contribution is -2.43. The molecule has 7 nitrogen and oxygen atoms in total. The molecular formula is C20H28N6O. The second-order valence-electron chi connectivity index (χ2n) is 7.94. The van der Waals surface area contributed by atoms with E-state index in [1.807, 2.05) is 35.0 Å². The van der Waals surface area contributed by atoms with Crippen LogP contribution in [0, 0.1) is 5.92 Å². The van der Waals surface area contributed by atoms with Crippen LogP contribution in [0.2, 0.25) is 0 Å². The molecule has 2 aromatic rings. The Bertz CT molecular complexity index is 790. The number of likely N-dealkylation sites (N-methyl/N-ethyl adjacent to an activating group) is 1. The quantitative estimate of drug-likeness (QED) is 0.822. The Morgan fingerprint density at radius 3 is 3.07 bits per heavy atom. The zero-order valence-electron chi connectivity index (χ0n) is 16.2. The molecule has 0 aliphatic carbocycles. The lowest BCUT2D eigenvalue weighted by molar-refractivity contribution is -0.136. The second-order valence-corrected chi connectivity index (χ2v) is 7.94. The van der Waals surface area contributed by atoms with E-state index in [0.29, 0.717) is 6.54 Å². The molecule has 0 radical (unpaired) electrons. The van der Waals surface area contributed by atoms with Gasteiger partial charge in [0.25, 0.3) is 0 Å². The van der Waals surface area contributed by atoms with E-state index in [1.165, 1.54) is 11.3 Å². The van der Waals surface area contributed by atoms with Gasteiger partial charge in [-0.25, -0.2) is 9.97 Å². The van der Waals surface area contributed by atoms with E-state index in [2.05, 4.69) is 22.0 Å². The first kappa shape index (κ1) is 18.1. The van der Waals surface area contributed by atoms with Gasteiger partial charge in [0.1, 0.15) is 5.82 Å². The Balaban J connectivity index is 1.42. The van der Waals surface area contributed by atoms with Gasteiger partial charge in [0.15, 0.2) is 0 Å². The number of hydrogen-bond donors (Lipinski definition) is 0. The summed E-state index contributed by atoms with van der Waals surface area (Å²) < 4.78 is 1.83. The fourth-order valence-corrected chi connectivity index (χ4v) is 4.14. The Kier molecular flexibility index (Phi) is 5.20. The fraction of sp³-hybridized carbons (Fsp3) is 0.600. The highest BCUT2D eigenvalue weighted by Gasteiger charge is 2.29. The Hall–Kier alpha value is -2.28. The monoisotopic (exact) mass is 368 g/mol. The van der Waals surface area contributed by atoms with E-state index in [1.54, 1.807) is 6.20 Å². The summed E-state index contributed by atoms with van der Waals surface area (Å²) in [7, 11) is 2.13. The minimum absolute atomic E-state index is 0.0800. The number of carbonyl (C=O) groups is 1. The molecular weight excluding hydrogens is 340 g/mol. The fourth-order valence-electron chi connectivity index (χ4n) is 4.14. The van der Waals surface area contributed by atoms with Crippen molar-refractivity contribution < 1.29 is 4.79 Å². The molecule has 2 atom stereocenters. The molecule has 144 valence electrons. The van der Waals surface area contributed by atoms with Crippen LogP contribution in [0.5, 0.6) is 0 Å². The molecule has 27 heavy (non-hydrogen) atoms. The molecule has 0 spiro atoms. The Morgan fingerprint density at radius 1 is 1.37 bits per heavy atom. The predicted octanol–water partition coefficient (Wildman–Crippen LogP) is 1.70. The minimum atomic E-state index is -0.0800. The van der Waals surface area contributed by atoms with Crippen molar-refractivity contribution in [1.29, 1.82) is 0 Å². The summed E-state index contributed by atoms with van der Waals surface area (Å²) in [6.07, 6.45) is 8.69. The van der Waals surface area contributed by atoms with Crippen molar-refractivity contribution in [3.05, 3.63) is 41.7 Å². The lowest BCUT2D eigenvalue weighted by atomic mass is 9.95. The first-order valence-corrected chi connectivity index (χ1v) is 9.89. The molecule has 0 bridgehead atoms. The van der Waals surface area contributed by atoms with E-state index < -0.39 is 0 Å². The Labute approximate surface area is 160 Å². The number of rotatable bonds is 4. The number of nitrogens with zero attached hydrogens (tertiary/aromatic N) is 6. The molecule has 1 fully saturated rings. The highest BCUT2D eigenvalue weighted by Crippen LogP contribution is 2.27. The van der Waals surface area contributed by atoms with Gasteiger partial charge in [-0.15, -0.1) is 0 Å². The van der Waals surface area contributed by atoms with E-state index in [-0.39, 0.29) is 17.7 Å². The van der Waals surface area contributed by atoms with Gasteiger partial charge in [-0.05, 0) is 26.0 Å². The smallest absolute Gasteiger partial charge is 0.227 e. The topological polar surface area (TPSA) is 67.2 Å². The minimum Gasteiger partial charge on any atom is -0.342 e. The molecule has 4 rings (SSSR count). The summed E-state index contributed by atoms with van der Waals surface area (Å²) in [6, 6.07) is 1.89. The van der Waals surface area contributed by atoms with Crippen LogP contribution in [0.3, 0.4) is 0 Å². The molecule has 1 saturated heterocycles. The first-order valence-electron chi connectivity index (χ1n) is 9.89. The van der Waals surface area contributed by atoms with Crippen LogP contribution in [0.1, 0.15) is 42.8 Å². The van der Waals surface area contributed by atoms with Gasteiger partial charge in [0.2, 0.25) is 5.91 Å². The van der Waals surface area contributed by atoms with Crippen LogP contribution in [0.4, 0.5) is 0 Å². The van der Waals surface area contributed by atoms with E-state index in [9.17, 15) is 4.79 Å². The van der Waals surface area contributed by atoms with Crippen LogP contribution < -0.4 is 0 Å². The first-order chi connectivity index (χ1) is 13.1. The largest absolute Gasteiger partial charge is 0.342 e. The highest BCUT2D eigenvalue weighted by atomic mass is 16.2. The maximum absolute atomic E-state index is 12.9. The number of carbonyl (C=O) groups excluding carboxylic acids is 1. The summed E-state index contributed by atoms with van der Waals surface area (Å²) in [5.41, 5.74) is 2.43. The number of likely N-dealkylation sites (tertiary alicyclic amines) is 1. The summed E-state index contributed by atoms with van der Waals surface area (Å²) in [5.74, 6) is 1.28. The van der Waals surface area contributed by atoms with Crippen LogP contribution in [0.25, 0.3) is 0 Å². The summed E-state index contributed by atoms with van der Waals surface area (Å²) in [4.78, 5) is 26.7. The summed E-state index contributed by atoms with van der Waals surface area (Å²) >= 11 is 0. The van der Waals surface area contributed by atoms with Gasteiger partial charge in [-0.2, -0.15) is 5.10 Å². The molecule has 7 heteroatoms. The van der Waals surface area contributed by atoms with Crippen molar-refractivity contribution in [1.82, 2.24) is 29.5 Å². The predicted molar refractivity (Wildman–Crippen MR) is 102 cm³/mol. The lowest BCUT2D eigenvalue weighted by Gasteiger charge is -2.34. The van der Waals surface area contributed by atoms with Crippen LogP contribution in [-0.2, 0) is 24.3 Å². The third kappa shape index (κ3) is 4.03. The molecule has 2 aromatic heterocycles. The zero-order valence-corrected chi connectivity index (χ0v) is 16.2. The maximum Gasteiger partial charge on any atom is 0.227 e. The van der Waals surface area contributed by atoms with Crippen molar-refractivity contribution in [3.8, 4) is 0 Å². The van der Waals surface area contributed by atoms with Crippen molar-refractivity contribution in [2.75, 3.05) is 26.7 Å². The standard InChI is InChI=1S/C20H28N6O/c1-15(12-26-9-4-7-22-26)20(27)25-8-3-5-16(14-25)19-21-11-17-13-24(2)10-6-18(17)23-19/h4,7,9,11,15-16H,3,5-6,8,10,12-14H2,1-2H3. The number of aromatic nitrogens is 4. The van der Waals surface area contributed by atoms with Gasteiger partial charge >= 0.3 is 0 Å². The number of amides is 1. The van der Waals surface area contributed by atoms with Crippen LogP contribution in [-0.4, -0.2) is 62.1 Å². The number of fused-ring (bicyclic) bond motifs is 1. The van der Waals surface area contributed by atoms with Crippen molar-refractivity contribution in [3.63, 3.8) is 0 Å². The maximum atomic E-state index is 12.9. The zero-order chi connectivity index (χ0) is 18.8. The van der Waals surface area contributed by atoms with Gasteiger partial charge in [0.05, 0.1) is 12.5 Å². The van der Waals surface area contributed by atoms with Gasteiger partial charge in [0, 0.05) is 68.4 Å². The molecule has 0 aromatic carbocycles. The molecule has 0 saturated carbocycles. The third-order valence-electron chi connectivity index (χ3n) is 5.68. The van der Waals surface area contributed by atoms with Gasteiger partial charge < -0.3 is 9.80 Å². The SMILES string of the molecule is CC(Cn1cccn1)C(=O)N1CCCC(c2ncc3c(n2)CCN(C)C3)C1. The van der Waals surface area contributed by atoms with Crippen LogP contribution >= 0.6 is 0 Å². The van der Waals surface area contributed by atoms with E-state index in [4.69, 9.17) is 4.98 Å². The summed E-state index contributed by atoms with van der Waals surface area (Å²) in [6.45, 7) is 6.13. The molecule has 0 N–H and O–H groups in total. The average molecular weight is 368 g/mol. The third-order valence-corrected chi connectivity index (χ3v) is 5.68. The van der Waals surface area contributed by atoms with Gasteiger partial charge in [-0.3, -0.25) is 9.48 Å². The van der Waals surface area contributed by atoms with Crippen LogP contribution in [0.15, 0.2) is 24.7 Å². The van der Waals surface area contributed by atoms with E-state index >= 15 is 0 Å². The number of piperidine rings is 1. The number of hydrogen-bond acceptors (Lipinski definition) is 5. The van der Waals surface area contributed by atoms with Crippen molar-refractivity contribution >= 4 is 5.91 Å². The molecule has 1 amide bonds.